The number of halogens is 1. The van der Waals surface area contributed by atoms with Crippen molar-refractivity contribution in [3.8, 4) is 11.3 Å². The van der Waals surface area contributed by atoms with Gasteiger partial charge in [0, 0.05) is 24.0 Å². The fourth-order valence-electron chi connectivity index (χ4n) is 1.16. The third-order valence-electron chi connectivity index (χ3n) is 1.82. The lowest BCUT2D eigenvalue weighted by molar-refractivity contribution is 1.22. The van der Waals surface area contributed by atoms with Gasteiger partial charge in [-0.25, -0.2) is 0 Å². The molecule has 2 aromatic rings. The number of nitrogens with zero attached hydrogens (tertiary/aromatic N) is 1. The van der Waals surface area contributed by atoms with Gasteiger partial charge in [0.2, 0.25) is 5.56 Å². The standard InChI is InChI=1S/C10H7ClN2O/c11-8-2-1-5-12-10(8)7-3-4-9(14)13-6-7/h1-6H,(H,13,14). The zero-order valence-corrected chi connectivity index (χ0v) is 7.95. The minimum Gasteiger partial charge on any atom is -0.328 e. The molecule has 0 aromatic carbocycles. The van der Waals surface area contributed by atoms with Crippen LogP contribution in [-0.4, -0.2) is 9.97 Å². The molecule has 70 valence electrons. The lowest BCUT2D eigenvalue weighted by atomic mass is 10.2. The van der Waals surface area contributed by atoms with Crippen LogP contribution in [0.4, 0.5) is 0 Å². The van der Waals surface area contributed by atoms with E-state index in [1.165, 1.54) is 6.07 Å². The first-order chi connectivity index (χ1) is 6.77. The van der Waals surface area contributed by atoms with E-state index in [4.69, 9.17) is 11.6 Å². The maximum absolute atomic E-state index is 10.8. The summed E-state index contributed by atoms with van der Waals surface area (Å²) in [5, 5.41) is 0.569. The Kier molecular flexibility index (Phi) is 2.33. The van der Waals surface area contributed by atoms with E-state index in [1.54, 1.807) is 30.6 Å². The second-order valence-electron chi connectivity index (χ2n) is 2.78. The fourth-order valence-corrected chi connectivity index (χ4v) is 1.39. The summed E-state index contributed by atoms with van der Waals surface area (Å²) in [5.74, 6) is 0. The predicted molar refractivity (Wildman–Crippen MR) is 55.3 cm³/mol. The van der Waals surface area contributed by atoms with Crippen LogP contribution in [0.15, 0.2) is 41.5 Å². The second-order valence-corrected chi connectivity index (χ2v) is 3.18. The maximum atomic E-state index is 10.8. The van der Waals surface area contributed by atoms with Gasteiger partial charge in [0.1, 0.15) is 0 Å². The topological polar surface area (TPSA) is 45.8 Å². The van der Waals surface area contributed by atoms with Gasteiger partial charge >= 0.3 is 0 Å². The summed E-state index contributed by atoms with van der Waals surface area (Å²) < 4.78 is 0. The van der Waals surface area contributed by atoms with Gasteiger partial charge in [0.25, 0.3) is 0 Å². The van der Waals surface area contributed by atoms with E-state index < -0.39 is 0 Å². The van der Waals surface area contributed by atoms with Gasteiger partial charge in [-0.1, -0.05) is 11.6 Å². The number of hydrogen-bond donors (Lipinski definition) is 1. The van der Waals surface area contributed by atoms with Crippen LogP contribution in [0.25, 0.3) is 11.3 Å². The predicted octanol–water partition coefficient (Wildman–Crippen LogP) is 2.09. The molecule has 1 N–H and O–H groups in total. The van der Waals surface area contributed by atoms with Gasteiger partial charge in [-0.15, -0.1) is 0 Å². The molecule has 0 aliphatic rings. The molecule has 0 amide bonds. The number of pyridine rings is 2. The summed E-state index contributed by atoms with van der Waals surface area (Å²) in [7, 11) is 0. The minimum absolute atomic E-state index is 0.138. The molecule has 0 aliphatic heterocycles. The van der Waals surface area contributed by atoms with Gasteiger partial charge < -0.3 is 4.98 Å². The Morgan fingerprint density at radius 1 is 1.29 bits per heavy atom. The van der Waals surface area contributed by atoms with Gasteiger partial charge in [-0.3, -0.25) is 9.78 Å². The van der Waals surface area contributed by atoms with Crippen LogP contribution in [-0.2, 0) is 0 Å². The van der Waals surface area contributed by atoms with Crippen molar-refractivity contribution in [2.75, 3.05) is 0 Å². The van der Waals surface area contributed by atoms with Crippen molar-refractivity contribution < 1.29 is 0 Å². The molecule has 0 aliphatic carbocycles. The van der Waals surface area contributed by atoms with Crippen LogP contribution < -0.4 is 5.56 Å². The molecule has 14 heavy (non-hydrogen) atoms. The van der Waals surface area contributed by atoms with Crippen LogP contribution in [0.3, 0.4) is 0 Å². The first-order valence-electron chi connectivity index (χ1n) is 4.07. The van der Waals surface area contributed by atoms with E-state index in [9.17, 15) is 4.79 Å². The summed E-state index contributed by atoms with van der Waals surface area (Å²) in [6.45, 7) is 0. The van der Waals surface area contributed by atoms with E-state index in [0.717, 1.165) is 5.56 Å². The lowest BCUT2D eigenvalue weighted by Gasteiger charge is -2.01. The van der Waals surface area contributed by atoms with E-state index in [-0.39, 0.29) is 5.56 Å². The largest absolute Gasteiger partial charge is 0.328 e. The lowest BCUT2D eigenvalue weighted by Crippen LogP contribution is -2.01. The molecule has 0 radical (unpaired) electrons. The number of nitrogens with one attached hydrogen (secondary N) is 1. The van der Waals surface area contributed by atoms with Crippen molar-refractivity contribution in [1.29, 1.82) is 0 Å². The quantitative estimate of drug-likeness (QED) is 0.777. The van der Waals surface area contributed by atoms with Gasteiger partial charge in [-0.2, -0.15) is 0 Å². The monoisotopic (exact) mass is 206 g/mol. The summed E-state index contributed by atoms with van der Waals surface area (Å²) in [6, 6.07) is 6.65. The highest BCUT2D eigenvalue weighted by Gasteiger charge is 2.02. The normalized spacial score (nSPS) is 10.1. The highest BCUT2D eigenvalue weighted by Crippen LogP contribution is 2.23. The Labute approximate surface area is 85.4 Å². The summed E-state index contributed by atoms with van der Waals surface area (Å²) in [6.07, 6.45) is 3.25. The Hall–Kier alpha value is -1.61. The van der Waals surface area contributed by atoms with E-state index in [0.29, 0.717) is 10.7 Å². The van der Waals surface area contributed by atoms with Gasteiger partial charge in [0.15, 0.2) is 0 Å². The first kappa shape index (κ1) is 8.97. The average molecular weight is 207 g/mol. The van der Waals surface area contributed by atoms with Crippen molar-refractivity contribution >= 4 is 11.6 Å². The third kappa shape index (κ3) is 1.67. The zero-order chi connectivity index (χ0) is 9.97. The number of rotatable bonds is 1. The Morgan fingerprint density at radius 3 is 2.79 bits per heavy atom. The number of aromatic amines is 1. The van der Waals surface area contributed by atoms with Crippen molar-refractivity contribution in [3.63, 3.8) is 0 Å². The highest BCUT2D eigenvalue weighted by atomic mass is 35.5. The molecule has 0 spiro atoms. The summed E-state index contributed by atoms with van der Waals surface area (Å²) >= 11 is 5.94. The summed E-state index contributed by atoms with van der Waals surface area (Å²) in [4.78, 5) is 17.5. The zero-order valence-electron chi connectivity index (χ0n) is 7.20. The van der Waals surface area contributed by atoms with Crippen molar-refractivity contribution in [2.45, 2.75) is 0 Å². The van der Waals surface area contributed by atoms with Crippen molar-refractivity contribution in [2.24, 2.45) is 0 Å². The molecule has 0 saturated heterocycles. The van der Waals surface area contributed by atoms with Crippen LogP contribution in [0.2, 0.25) is 5.02 Å². The molecular weight excluding hydrogens is 200 g/mol. The average Bonchev–Trinajstić information content (AvgIpc) is 2.20. The molecule has 0 unspecified atom stereocenters. The van der Waals surface area contributed by atoms with Crippen LogP contribution in [0, 0.1) is 0 Å². The van der Waals surface area contributed by atoms with E-state index in [2.05, 4.69) is 9.97 Å². The van der Waals surface area contributed by atoms with E-state index in [1.807, 2.05) is 0 Å². The molecule has 0 bridgehead atoms. The SMILES string of the molecule is O=c1ccc(-c2ncccc2Cl)c[nH]1. The maximum Gasteiger partial charge on any atom is 0.247 e. The van der Waals surface area contributed by atoms with Crippen molar-refractivity contribution in [3.05, 3.63) is 52.0 Å². The first-order valence-corrected chi connectivity index (χ1v) is 4.45. The van der Waals surface area contributed by atoms with Crippen LogP contribution in [0.1, 0.15) is 0 Å². The molecule has 3 nitrogen and oxygen atoms in total. The van der Waals surface area contributed by atoms with Gasteiger partial charge in [0.05, 0.1) is 10.7 Å². The fraction of sp³-hybridized carbons (Fsp3) is 0. The Balaban J connectivity index is 2.55. The molecule has 0 atom stereocenters. The third-order valence-corrected chi connectivity index (χ3v) is 2.12. The smallest absolute Gasteiger partial charge is 0.247 e. The molecule has 2 aromatic heterocycles. The van der Waals surface area contributed by atoms with Crippen LogP contribution >= 0.6 is 11.6 Å². The number of aromatic nitrogens is 2. The Morgan fingerprint density at radius 2 is 2.14 bits per heavy atom. The molecule has 0 fully saturated rings. The highest BCUT2D eigenvalue weighted by molar-refractivity contribution is 6.32. The van der Waals surface area contributed by atoms with E-state index >= 15 is 0 Å². The molecule has 2 rings (SSSR count). The number of hydrogen-bond acceptors (Lipinski definition) is 2. The Bertz CT molecular complexity index is 487. The molecular formula is C10H7ClN2O. The summed E-state index contributed by atoms with van der Waals surface area (Å²) in [5.41, 5.74) is 1.33. The second kappa shape index (κ2) is 3.64. The van der Waals surface area contributed by atoms with Gasteiger partial charge in [-0.05, 0) is 18.2 Å². The van der Waals surface area contributed by atoms with Crippen molar-refractivity contribution in [1.82, 2.24) is 9.97 Å². The molecule has 4 heteroatoms. The minimum atomic E-state index is -0.138. The van der Waals surface area contributed by atoms with Crippen LogP contribution in [0.5, 0.6) is 0 Å². The number of H-pyrrole nitrogens is 1. The molecule has 0 saturated carbocycles. The molecule has 2 heterocycles.